The second-order valence-electron chi connectivity index (χ2n) is 5.93. The van der Waals surface area contributed by atoms with Crippen molar-refractivity contribution in [2.24, 2.45) is 0 Å². The van der Waals surface area contributed by atoms with Gasteiger partial charge < -0.3 is 5.32 Å². The first kappa shape index (κ1) is 22.7. The van der Waals surface area contributed by atoms with Crippen LogP contribution in [0, 0.1) is 5.82 Å². The lowest BCUT2D eigenvalue weighted by Gasteiger charge is -2.12. The van der Waals surface area contributed by atoms with E-state index in [1.165, 1.54) is 36.4 Å². The Balaban J connectivity index is 1.84. The zero-order valence-corrected chi connectivity index (χ0v) is 18.6. The van der Waals surface area contributed by atoms with Gasteiger partial charge in [0, 0.05) is 5.02 Å². The summed E-state index contributed by atoms with van der Waals surface area (Å²) in [6.07, 6.45) is 0. The van der Waals surface area contributed by atoms with Gasteiger partial charge in [-0.25, -0.2) is 12.8 Å². The topological polar surface area (TPSA) is 75.3 Å². The third-order valence-corrected chi connectivity index (χ3v) is 6.60. The largest absolute Gasteiger partial charge is 0.319 e. The van der Waals surface area contributed by atoms with Crippen LogP contribution < -0.4 is 10.0 Å². The molecule has 0 heterocycles. The summed E-state index contributed by atoms with van der Waals surface area (Å²) in [6, 6.07) is 11.6. The van der Waals surface area contributed by atoms with E-state index in [1.54, 1.807) is 0 Å². The highest BCUT2D eigenvalue weighted by Gasteiger charge is 2.20. The van der Waals surface area contributed by atoms with Crippen molar-refractivity contribution in [3.63, 3.8) is 0 Å². The van der Waals surface area contributed by atoms with Crippen LogP contribution in [0.1, 0.15) is 10.4 Å². The molecule has 0 aromatic heterocycles. The van der Waals surface area contributed by atoms with Crippen molar-refractivity contribution in [1.82, 2.24) is 0 Å². The molecule has 5 nitrogen and oxygen atoms in total. The van der Waals surface area contributed by atoms with E-state index >= 15 is 0 Å². The molecular weight excluding hydrogens is 497 g/mol. The number of hydrogen-bond donors (Lipinski definition) is 2. The SMILES string of the molecule is O=C(Nc1ccc(S(=O)(=O)Nc2cccc(Cl)c2Cl)cc1F)c1ccc(Cl)cc1Cl. The lowest BCUT2D eigenvalue weighted by molar-refractivity contribution is 0.102. The Morgan fingerprint density at radius 3 is 2.27 bits per heavy atom. The summed E-state index contributed by atoms with van der Waals surface area (Å²) in [7, 11) is -4.17. The summed E-state index contributed by atoms with van der Waals surface area (Å²) >= 11 is 23.6. The van der Waals surface area contributed by atoms with Gasteiger partial charge >= 0.3 is 0 Å². The number of halogens is 5. The highest BCUT2D eigenvalue weighted by Crippen LogP contribution is 2.31. The van der Waals surface area contributed by atoms with Gasteiger partial charge in [-0.3, -0.25) is 9.52 Å². The minimum Gasteiger partial charge on any atom is -0.319 e. The van der Waals surface area contributed by atoms with E-state index in [4.69, 9.17) is 46.4 Å². The maximum atomic E-state index is 14.5. The Kier molecular flexibility index (Phi) is 6.79. The average molecular weight is 508 g/mol. The molecule has 0 aliphatic carbocycles. The number of sulfonamides is 1. The van der Waals surface area contributed by atoms with Crippen molar-refractivity contribution in [2.75, 3.05) is 10.0 Å². The van der Waals surface area contributed by atoms with E-state index in [1.807, 2.05) is 0 Å². The zero-order valence-electron chi connectivity index (χ0n) is 14.7. The number of carbonyl (C=O) groups is 1. The molecule has 0 unspecified atom stereocenters. The van der Waals surface area contributed by atoms with Gasteiger partial charge in [-0.15, -0.1) is 0 Å². The van der Waals surface area contributed by atoms with Gasteiger partial charge in [-0.1, -0.05) is 52.5 Å². The molecule has 0 saturated carbocycles. The number of amides is 1. The minimum atomic E-state index is -4.17. The van der Waals surface area contributed by atoms with Gasteiger partial charge in [0.05, 0.1) is 36.9 Å². The minimum absolute atomic E-state index is 0.00643. The number of anilines is 2. The lowest BCUT2D eigenvalue weighted by atomic mass is 10.2. The third-order valence-electron chi connectivity index (χ3n) is 3.87. The van der Waals surface area contributed by atoms with Gasteiger partial charge in [0.25, 0.3) is 15.9 Å². The maximum absolute atomic E-state index is 14.5. The van der Waals surface area contributed by atoms with Crippen molar-refractivity contribution < 1.29 is 17.6 Å². The summed E-state index contributed by atoms with van der Waals surface area (Å²) in [6.45, 7) is 0. The molecule has 1 amide bonds. The van der Waals surface area contributed by atoms with Crippen molar-refractivity contribution in [2.45, 2.75) is 4.90 Å². The van der Waals surface area contributed by atoms with Crippen molar-refractivity contribution >= 4 is 73.7 Å². The van der Waals surface area contributed by atoms with Crippen LogP contribution >= 0.6 is 46.4 Å². The number of rotatable bonds is 5. The fraction of sp³-hybridized carbons (Fsp3) is 0. The number of carbonyl (C=O) groups excluding carboxylic acids is 1. The van der Waals surface area contributed by atoms with E-state index in [-0.39, 0.29) is 36.9 Å². The van der Waals surface area contributed by atoms with Crippen LogP contribution in [0.3, 0.4) is 0 Å². The predicted octanol–water partition coefficient (Wildman–Crippen LogP) is 6.49. The van der Waals surface area contributed by atoms with Crippen LogP contribution in [-0.2, 0) is 10.0 Å². The molecular formula is C19H11Cl4FN2O3S. The van der Waals surface area contributed by atoms with Crippen molar-refractivity contribution in [1.29, 1.82) is 0 Å². The second kappa shape index (κ2) is 8.99. The van der Waals surface area contributed by atoms with Crippen LogP contribution in [0.15, 0.2) is 59.5 Å². The smallest absolute Gasteiger partial charge is 0.262 e. The maximum Gasteiger partial charge on any atom is 0.262 e. The number of benzene rings is 3. The molecule has 3 rings (SSSR count). The van der Waals surface area contributed by atoms with Crippen LogP contribution in [0.25, 0.3) is 0 Å². The van der Waals surface area contributed by atoms with E-state index in [9.17, 15) is 17.6 Å². The summed E-state index contributed by atoms with van der Waals surface area (Å²) in [4.78, 5) is 12.0. The van der Waals surface area contributed by atoms with Crippen LogP contribution in [0.5, 0.6) is 0 Å². The average Bonchev–Trinajstić information content (AvgIpc) is 2.66. The summed E-state index contributed by atoms with van der Waals surface area (Å²) < 4.78 is 41.8. The molecule has 0 aliphatic heterocycles. The highest BCUT2D eigenvalue weighted by atomic mass is 35.5. The quantitative estimate of drug-likeness (QED) is 0.414. The van der Waals surface area contributed by atoms with E-state index in [2.05, 4.69) is 10.0 Å². The monoisotopic (exact) mass is 506 g/mol. The second-order valence-corrected chi connectivity index (χ2v) is 9.24. The Bertz CT molecular complexity index is 1250. The standard InChI is InChI=1S/C19H11Cl4FN2O3S/c20-10-4-6-12(14(22)8-10)19(27)25-16-7-5-11(9-15(16)24)30(28,29)26-17-3-1-2-13(21)18(17)23/h1-9,26H,(H,25,27). The highest BCUT2D eigenvalue weighted by molar-refractivity contribution is 7.92. The fourth-order valence-electron chi connectivity index (χ4n) is 2.41. The summed E-state index contributed by atoms with van der Waals surface area (Å²) in [5, 5.41) is 2.92. The molecule has 156 valence electrons. The van der Waals surface area contributed by atoms with Crippen LogP contribution in [-0.4, -0.2) is 14.3 Å². The van der Waals surface area contributed by atoms with Gasteiger partial charge in [0.2, 0.25) is 0 Å². The first-order chi connectivity index (χ1) is 14.1. The van der Waals surface area contributed by atoms with E-state index in [0.717, 1.165) is 18.2 Å². The van der Waals surface area contributed by atoms with Crippen molar-refractivity contribution in [3.05, 3.63) is 86.1 Å². The molecule has 0 spiro atoms. The molecule has 0 saturated heterocycles. The Morgan fingerprint density at radius 2 is 1.60 bits per heavy atom. The van der Waals surface area contributed by atoms with Gasteiger partial charge in [0.1, 0.15) is 5.82 Å². The summed E-state index contributed by atoms with van der Waals surface area (Å²) in [5.41, 5.74) is -0.112. The first-order valence-electron chi connectivity index (χ1n) is 8.11. The third kappa shape index (κ3) is 4.99. The lowest BCUT2D eigenvalue weighted by Crippen LogP contribution is -2.16. The zero-order chi connectivity index (χ0) is 22.1. The van der Waals surface area contributed by atoms with Gasteiger partial charge in [0.15, 0.2) is 0 Å². The Labute approximate surface area is 191 Å². The van der Waals surface area contributed by atoms with Crippen molar-refractivity contribution in [3.8, 4) is 0 Å². The first-order valence-corrected chi connectivity index (χ1v) is 11.1. The predicted molar refractivity (Wildman–Crippen MR) is 118 cm³/mol. The van der Waals surface area contributed by atoms with E-state index in [0.29, 0.717) is 5.02 Å². The van der Waals surface area contributed by atoms with Gasteiger partial charge in [-0.05, 0) is 48.5 Å². The Morgan fingerprint density at radius 1 is 0.867 bits per heavy atom. The molecule has 0 aliphatic rings. The number of nitrogens with one attached hydrogen (secondary N) is 2. The molecule has 3 aromatic carbocycles. The van der Waals surface area contributed by atoms with E-state index < -0.39 is 21.7 Å². The van der Waals surface area contributed by atoms with Gasteiger partial charge in [-0.2, -0.15) is 0 Å². The summed E-state index contributed by atoms with van der Waals surface area (Å²) in [5.74, 6) is -1.65. The molecule has 0 atom stereocenters. The van der Waals surface area contributed by atoms with Crippen LogP contribution in [0.4, 0.5) is 15.8 Å². The van der Waals surface area contributed by atoms with Crippen LogP contribution in [0.2, 0.25) is 20.1 Å². The normalized spacial score (nSPS) is 11.2. The Hall–Kier alpha value is -2.03. The number of hydrogen-bond acceptors (Lipinski definition) is 3. The molecule has 0 radical (unpaired) electrons. The molecule has 11 heteroatoms. The molecule has 2 N–H and O–H groups in total. The molecule has 0 fully saturated rings. The fourth-order valence-corrected chi connectivity index (χ4v) is 4.40. The molecule has 3 aromatic rings. The molecule has 0 bridgehead atoms. The molecule has 30 heavy (non-hydrogen) atoms.